The van der Waals surface area contributed by atoms with Gasteiger partial charge in [-0.05, 0) is 29.8 Å². The third-order valence-corrected chi connectivity index (χ3v) is 5.63. The van der Waals surface area contributed by atoms with Gasteiger partial charge in [0.2, 0.25) is 17.4 Å². The fourth-order valence-corrected chi connectivity index (χ4v) is 3.87. The second-order valence-electron chi connectivity index (χ2n) is 7.44. The van der Waals surface area contributed by atoms with Crippen molar-refractivity contribution in [1.29, 1.82) is 10.5 Å². The number of carbonyl (C=O) groups excluding carboxylic acids is 3. The number of anilines is 1. The van der Waals surface area contributed by atoms with Crippen LogP contribution in [0, 0.1) is 22.7 Å². The van der Waals surface area contributed by atoms with Crippen molar-refractivity contribution in [3.8, 4) is 17.9 Å². The third-order valence-electron chi connectivity index (χ3n) is 5.06. The first-order valence-electron chi connectivity index (χ1n) is 10.1. The fourth-order valence-electron chi connectivity index (χ4n) is 3.32. The predicted molar refractivity (Wildman–Crippen MR) is 128 cm³/mol. The van der Waals surface area contributed by atoms with E-state index in [1.54, 1.807) is 30.3 Å². The first-order chi connectivity index (χ1) is 16.8. The van der Waals surface area contributed by atoms with E-state index in [2.05, 4.69) is 10.1 Å². The third kappa shape index (κ3) is 5.12. The zero-order chi connectivity index (χ0) is 25.1. The molecule has 0 bridgehead atoms. The number of nitriles is 2. The van der Waals surface area contributed by atoms with E-state index in [0.29, 0.717) is 17.6 Å². The van der Waals surface area contributed by atoms with Crippen molar-refractivity contribution in [3.63, 3.8) is 0 Å². The molecule has 2 heterocycles. The Hall–Kier alpha value is -4.31. The molecule has 9 nitrogen and oxygen atoms in total. The van der Waals surface area contributed by atoms with Gasteiger partial charge in [0.25, 0.3) is 5.91 Å². The maximum Gasteiger partial charge on any atom is 0.255 e. The van der Waals surface area contributed by atoms with E-state index in [1.807, 2.05) is 6.07 Å². The van der Waals surface area contributed by atoms with Crippen LogP contribution < -0.4 is 9.75 Å². The Labute approximate surface area is 209 Å². The van der Waals surface area contributed by atoms with Crippen LogP contribution in [0.15, 0.2) is 58.1 Å². The number of halogens is 2. The van der Waals surface area contributed by atoms with Gasteiger partial charge in [0.05, 0.1) is 33.8 Å². The number of aliphatic imine (C=N–C) groups is 1. The van der Waals surface area contributed by atoms with E-state index in [1.165, 1.54) is 18.2 Å². The second-order valence-corrected chi connectivity index (χ2v) is 8.25. The van der Waals surface area contributed by atoms with Crippen molar-refractivity contribution in [2.75, 3.05) is 11.6 Å². The highest BCUT2D eigenvalue weighted by molar-refractivity contribution is 6.50. The summed E-state index contributed by atoms with van der Waals surface area (Å²) >= 11 is 12.7. The minimum atomic E-state index is -0.667. The SMILES string of the molecule is N#CC1=NN(c2cc(Cl)c(OC3=NCC(=O)C(Cc4ccc(C#N)cc4)=C3)c(Cl)c2)C(=O)CC1=O. The Bertz CT molecular complexity index is 1420. The monoisotopic (exact) mass is 505 g/mol. The average Bonchev–Trinajstić information content (AvgIpc) is 2.84. The molecule has 2 aromatic rings. The standard InChI is InChI=1S/C24H13Cl2N5O4/c25-17-7-16(31-23(34)9-20(32)19(11-28)30-31)8-18(26)24(17)35-22-6-15(21(33)12-29-22)5-13-1-3-14(10-27)4-2-13/h1-4,6-8H,5,9,12H2. The van der Waals surface area contributed by atoms with Crippen LogP contribution in [0.5, 0.6) is 5.75 Å². The van der Waals surface area contributed by atoms with Gasteiger partial charge in [0, 0.05) is 18.1 Å². The Morgan fingerprint density at radius 1 is 1.00 bits per heavy atom. The molecule has 35 heavy (non-hydrogen) atoms. The van der Waals surface area contributed by atoms with Gasteiger partial charge in [-0.15, -0.1) is 0 Å². The van der Waals surface area contributed by atoms with Crippen LogP contribution in [0.1, 0.15) is 17.5 Å². The van der Waals surface area contributed by atoms with E-state index >= 15 is 0 Å². The summed E-state index contributed by atoms with van der Waals surface area (Å²) in [5.74, 6) is -1.31. The van der Waals surface area contributed by atoms with Gasteiger partial charge >= 0.3 is 0 Å². The molecule has 0 spiro atoms. The number of rotatable bonds is 4. The largest absolute Gasteiger partial charge is 0.436 e. The van der Waals surface area contributed by atoms with Crippen LogP contribution in [0.2, 0.25) is 10.0 Å². The van der Waals surface area contributed by atoms with Crippen LogP contribution in [0.3, 0.4) is 0 Å². The van der Waals surface area contributed by atoms with E-state index < -0.39 is 23.8 Å². The molecular formula is C24H13Cl2N5O4. The number of benzene rings is 2. The van der Waals surface area contributed by atoms with Crippen LogP contribution in [-0.4, -0.2) is 35.6 Å². The molecule has 0 radical (unpaired) electrons. The number of amides is 1. The van der Waals surface area contributed by atoms with E-state index in [0.717, 1.165) is 10.6 Å². The first-order valence-corrected chi connectivity index (χ1v) is 10.8. The lowest BCUT2D eigenvalue weighted by Gasteiger charge is -2.22. The van der Waals surface area contributed by atoms with Crippen molar-refractivity contribution >= 4 is 58.0 Å². The molecule has 2 aliphatic rings. The Morgan fingerprint density at radius 2 is 1.69 bits per heavy atom. The molecule has 2 aliphatic heterocycles. The number of ether oxygens (including phenoxy) is 1. The van der Waals surface area contributed by atoms with Crippen LogP contribution in [0.25, 0.3) is 0 Å². The van der Waals surface area contributed by atoms with Crippen LogP contribution in [0.4, 0.5) is 5.69 Å². The number of hydrazone groups is 1. The zero-order valence-corrected chi connectivity index (χ0v) is 19.3. The minimum absolute atomic E-state index is 0.0209. The minimum Gasteiger partial charge on any atom is -0.436 e. The van der Waals surface area contributed by atoms with E-state index in [-0.39, 0.29) is 39.7 Å². The summed E-state index contributed by atoms with van der Waals surface area (Å²) in [4.78, 5) is 40.4. The number of hydrogen-bond acceptors (Lipinski definition) is 8. The lowest BCUT2D eigenvalue weighted by atomic mass is 9.99. The maximum atomic E-state index is 12.3. The first kappa shape index (κ1) is 23.8. The molecule has 0 saturated carbocycles. The highest BCUT2D eigenvalue weighted by atomic mass is 35.5. The van der Waals surface area contributed by atoms with Crippen molar-refractivity contribution in [2.45, 2.75) is 12.8 Å². The summed E-state index contributed by atoms with van der Waals surface area (Å²) in [5, 5.41) is 22.7. The summed E-state index contributed by atoms with van der Waals surface area (Å²) in [6.07, 6.45) is 1.31. The second kappa shape index (κ2) is 9.90. The van der Waals surface area contributed by atoms with Crippen molar-refractivity contribution in [2.24, 2.45) is 10.1 Å². The summed E-state index contributed by atoms with van der Waals surface area (Å²) in [5.41, 5.74) is 1.56. The highest BCUT2D eigenvalue weighted by Crippen LogP contribution is 2.38. The van der Waals surface area contributed by atoms with Crippen LogP contribution >= 0.6 is 23.2 Å². The normalized spacial score (nSPS) is 15.6. The van der Waals surface area contributed by atoms with Gasteiger partial charge in [0.1, 0.15) is 12.6 Å². The quantitative estimate of drug-likeness (QED) is 0.582. The molecule has 0 fully saturated rings. The fraction of sp³-hybridized carbons (Fsp3) is 0.125. The van der Waals surface area contributed by atoms with Crippen molar-refractivity contribution in [3.05, 3.63) is 69.2 Å². The number of dihydropyridines is 1. The molecule has 2 aromatic carbocycles. The molecule has 11 heteroatoms. The molecule has 0 saturated heterocycles. The maximum absolute atomic E-state index is 12.3. The smallest absolute Gasteiger partial charge is 0.255 e. The van der Waals surface area contributed by atoms with E-state index in [9.17, 15) is 14.4 Å². The van der Waals surface area contributed by atoms with E-state index in [4.69, 9.17) is 38.5 Å². The zero-order valence-electron chi connectivity index (χ0n) is 17.8. The number of ketones is 2. The summed E-state index contributed by atoms with van der Waals surface area (Å²) < 4.78 is 5.77. The number of hydrogen-bond donors (Lipinski definition) is 0. The lowest BCUT2D eigenvalue weighted by molar-refractivity contribution is -0.124. The lowest BCUT2D eigenvalue weighted by Crippen LogP contribution is -2.36. The van der Waals surface area contributed by atoms with Crippen LogP contribution in [-0.2, 0) is 20.8 Å². The highest BCUT2D eigenvalue weighted by Gasteiger charge is 2.30. The molecule has 0 N–H and O–H groups in total. The Kier molecular flexibility index (Phi) is 6.74. The predicted octanol–water partition coefficient (Wildman–Crippen LogP) is 3.58. The molecular weight excluding hydrogens is 493 g/mol. The molecule has 0 unspecified atom stereocenters. The van der Waals surface area contributed by atoms with Crippen molar-refractivity contribution in [1.82, 2.24) is 0 Å². The van der Waals surface area contributed by atoms with Gasteiger partial charge < -0.3 is 4.74 Å². The number of carbonyl (C=O) groups is 3. The van der Waals surface area contributed by atoms with Gasteiger partial charge in [0.15, 0.2) is 11.5 Å². The summed E-state index contributed by atoms with van der Waals surface area (Å²) in [7, 11) is 0. The summed E-state index contributed by atoms with van der Waals surface area (Å²) in [6.45, 7) is -0.118. The molecule has 4 rings (SSSR count). The average molecular weight is 506 g/mol. The summed E-state index contributed by atoms with van der Waals surface area (Å²) in [6, 6.07) is 13.3. The van der Waals surface area contributed by atoms with Gasteiger partial charge in [-0.2, -0.15) is 20.6 Å². The molecule has 1 amide bonds. The molecule has 0 atom stereocenters. The van der Waals surface area contributed by atoms with Gasteiger partial charge in [-0.25, -0.2) is 4.99 Å². The van der Waals surface area contributed by atoms with Gasteiger partial charge in [-0.1, -0.05) is 35.3 Å². The Morgan fingerprint density at radius 3 is 2.31 bits per heavy atom. The Balaban J connectivity index is 1.57. The van der Waals surface area contributed by atoms with Crippen molar-refractivity contribution < 1.29 is 19.1 Å². The molecule has 0 aromatic heterocycles. The topological polar surface area (TPSA) is 136 Å². The number of Topliss-reactive ketones (excluding diaryl/α,β-unsaturated/α-hetero) is 2. The van der Waals surface area contributed by atoms with Gasteiger partial charge in [-0.3, -0.25) is 14.4 Å². The molecule has 172 valence electrons. The molecule has 0 aliphatic carbocycles. The number of nitrogens with zero attached hydrogens (tertiary/aromatic N) is 5.